The molecule has 2 heterocycles. The van der Waals surface area contributed by atoms with Crippen molar-refractivity contribution in [2.75, 3.05) is 6.54 Å². The summed E-state index contributed by atoms with van der Waals surface area (Å²) in [5, 5.41) is 5.83. The number of amides is 2. The summed E-state index contributed by atoms with van der Waals surface area (Å²) in [5.41, 5.74) is 2.30. The van der Waals surface area contributed by atoms with Gasteiger partial charge in [0.25, 0.3) is 11.8 Å². The van der Waals surface area contributed by atoms with E-state index >= 15 is 0 Å². The Kier molecular flexibility index (Phi) is 5.71. The molecule has 3 rings (SSSR count). The van der Waals surface area contributed by atoms with E-state index in [-0.39, 0.29) is 11.8 Å². The van der Waals surface area contributed by atoms with Gasteiger partial charge in [-0.05, 0) is 30.7 Å². The van der Waals surface area contributed by atoms with E-state index in [1.54, 1.807) is 0 Å². The van der Waals surface area contributed by atoms with Gasteiger partial charge in [0.15, 0.2) is 5.82 Å². The Bertz CT molecular complexity index is 781. The Balaban J connectivity index is 1.78. The molecular formula is C20H26N4O2. The number of hydrogen-bond donors (Lipinski definition) is 2. The third-order valence-corrected chi connectivity index (χ3v) is 4.50. The highest BCUT2D eigenvalue weighted by Gasteiger charge is 2.27. The van der Waals surface area contributed by atoms with E-state index < -0.39 is 0 Å². The quantitative estimate of drug-likeness (QED) is 0.837. The third kappa shape index (κ3) is 4.12. The minimum Gasteiger partial charge on any atom is -0.350 e. The molecule has 2 aromatic rings. The number of nitrogens with one attached hydrogen (secondary N) is 2. The van der Waals surface area contributed by atoms with Gasteiger partial charge in [-0.2, -0.15) is 0 Å². The van der Waals surface area contributed by atoms with Crippen molar-refractivity contribution >= 4 is 11.8 Å². The maximum atomic E-state index is 12.7. The van der Waals surface area contributed by atoms with E-state index in [1.165, 1.54) is 0 Å². The van der Waals surface area contributed by atoms with Gasteiger partial charge in [-0.1, -0.05) is 44.2 Å². The molecule has 6 heteroatoms. The minimum absolute atomic E-state index is 0.188. The standard InChI is InChI=1S/C20H26N4O2/c1-14(2)12-21-19(25)17-16-10-6-7-11-24(16)18(23-17)20(26)22-13-15-8-4-3-5-9-15/h3-5,8-9,14H,6-7,10-13H2,1-2H3,(H,21,25)(H,22,26). The lowest BCUT2D eigenvalue weighted by molar-refractivity contribution is 0.0935. The van der Waals surface area contributed by atoms with E-state index in [9.17, 15) is 9.59 Å². The lowest BCUT2D eigenvalue weighted by Gasteiger charge is -2.17. The predicted molar refractivity (Wildman–Crippen MR) is 99.9 cm³/mol. The number of aromatic nitrogens is 2. The normalized spacial score (nSPS) is 13.3. The second-order valence-electron chi connectivity index (χ2n) is 7.11. The van der Waals surface area contributed by atoms with Gasteiger partial charge < -0.3 is 15.2 Å². The number of carbonyl (C=O) groups excluding carboxylic acids is 2. The first-order valence-electron chi connectivity index (χ1n) is 9.26. The molecule has 0 spiro atoms. The Hall–Kier alpha value is -2.63. The third-order valence-electron chi connectivity index (χ3n) is 4.50. The molecule has 1 aliphatic heterocycles. The van der Waals surface area contributed by atoms with Crippen LogP contribution in [0.4, 0.5) is 0 Å². The molecule has 0 unspecified atom stereocenters. The smallest absolute Gasteiger partial charge is 0.287 e. The topological polar surface area (TPSA) is 76.0 Å². The van der Waals surface area contributed by atoms with Crippen LogP contribution < -0.4 is 10.6 Å². The summed E-state index contributed by atoms with van der Waals surface area (Å²) in [6.45, 7) is 5.86. The monoisotopic (exact) mass is 354 g/mol. The van der Waals surface area contributed by atoms with E-state index in [2.05, 4.69) is 15.6 Å². The number of nitrogens with zero attached hydrogens (tertiary/aromatic N) is 2. The Morgan fingerprint density at radius 2 is 1.88 bits per heavy atom. The molecule has 0 bridgehead atoms. The molecule has 1 aromatic carbocycles. The lowest BCUT2D eigenvalue weighted by atomic mass is 10.1. The average molecular weight is 354 g/mol. The van der Waals surface area contributed by atoms with E-state index in [4.69, 9.17) is 0 Å². The van der Waals surface area contributed by atoms with Crippen LogP contribution in [0.3, 0.4) is 0 Å². The van der Waals surface area contributed by atoms with Gasteiger partial charge in [0.05, 0.1) is 5.69 Å². The van der Waals surface area contributed by atoms with Crippen LogP contribution in [0, 0.1) is 5.92 Å². The Labute approximate surface area is 154 Å². The number of benzene rings is 1. The molecule has 26 heavy (non-hydrogen) atoms. The second kappa shape index (κ2) is 8.17. The maximum Gasteiger partial charge on any atom is 0.287 e. The van der Waals surface area contributed by atoms with Gasteiger partial charge in [0, 0.05) is 19.6 Å². The molecule has 6 nitrogen and oxygen atoms in total. The summed E-state index contributed by atoms with van der Waals surface area (Å²) in [7, 11) is 0. The molecular weight excluding hydrogens is 328 g/mol. The molecule has 0 atom stereocenters. The maximum absolute atomic E-state index is 12.7. The van der Waals surface area contributed by atoms with Crippen LogP contribution in [0.15, 0.2) is 30.3 Å². The molecule has 0 fully saturated rings. The summed E-state index contributed by atoms with van der Waals surface area (Å²) in [5.74, 6) is 0.280. The van der Waals surface area contributed by atoms with Crippen molar-refractivity contribution in [2.24, 2.45) is 5.92 Å². The number of carbonyl (C=O) groups is 2. The molecule has 0 saturated carbocycles. The van der Waals surface area contributed by atoms with Crippen LogP contribution >= 0.6 is 0 Å². The first kappa shape index (κ1) is 18.2. The van der Waals surface area contributed by atoms with Crippen LogP contribution in [0.25, 0.3) is 0 Å². The van der Waals surface area contributed by atoms with Crippen molar-refractivity contribution < 1.29 is 9.59 Å². The van der Waals surface area contributed by atoms with E-state index in [0.717, 1.165) is 37.1 Å². The van der Waals surface area contributed by atoms with Crippen molar-refractivity contribution in [1.29, 1.82) is 0 Å². The Morgan fingerprint density at radius 3 is 2.62 bits per heavy atom. The molecule has 138 valence electrons. The van der Waals surface area contributed by atoms with Gasteiger partial charge in [0.2, 0.25) is 0 Å². The van der Waals surface area contributed by atoms with E-state index in [0.29, 0.717) is 30.5 Å². The van der Waals surface area contributed by atoms with Crippen LogP contribution in [-0.4, -0.2) is 27.9 Å². The highest BCUT2D eigenvalue weighted by atomic mass is 16.2. The zero-order valence-corrected chi connectivity index (χ0v) is 15.4. The zero-order chi connectivity index (χ0) is 18.5. The molecule has 0 aliphatic carbocycles. The molecule has 2 N–H and O–H groups in total. The number of fused-ring (bicyclic) bond motifs is 1. The van der Waals surface area contributed by atoms with Crippen LogP contribution in [0.5, 0.6) is 0 Å². The highest BCUT2D eigenvalue weighted by molar-refractivity contribution is 5.97. The first-order valence-corrected chi connectivity index (χ1v) is 9.26. The predicted octanol–water partition coefficient (Wildman–Crippen LogP) is 2.54. The molecule has 0 saturated heterocycles. The summed E-state index contributed by atoms with van der Waals surface area (Å²) in [4.78, 5) is 29.6. The minimum atomic E-state index is -0.236. The average Bonchev–Trinajstić information content (AvgIpc) is 3.05. The fraction of sp³-hybridized carbons (Fsp3) is 0.450. The first-order chi connectivity index (χ1) is 12.6. The molecule has 2 amide bonds. The highest BCUT2D eigenvalue weighted by Crippen LogP contribution is 2.21. The SMILES string of the molecule is CC(C)CNC(=O)c1nc(C(=O)NCc2ccccc2)n2c1CCCC2. The number of rotatable bonds is 6. The summed E-state index contributed by atoms with van der Waals surface area (Å²) < 4.78 is 1.91. The number of hydrogen-bond acceptors (Lipinski definition) is 3. The fourth-order valence-electron chi connectivity index (χ4n) is 3.14. The van der Waals surface area contributed by atoms with Crippen molar-refractivity contribution in [2.45, 2.75) is 46.2 Å². The van der Waals surface area contributed by atoms with Gasteiger partial charge >= 0.3 is 0 Å². The second-order valence-corrected chi connectivity index (χ2v) is 7.11. The van der Waals surface area contributed by atoms with Gasteiger partial charge in [0.1, 0.15) is 5.69 Å². The summed E-state index contributed by atoms with van der Waals surface area (Å²) in [6.07, 6.45) is 2.79. The molecule has 0 radical (unpaired) electrons. The van der Waals surface area contributed by atoms with Crippen LogP contribution in [-0.2, 0) is 19.5 Å². The molecule has 1 aliphatic rings. The largest absolute Gasteiger partial charge is 0.350 e. The van der Waals surface area contributed by atoms with Gasteiger partial charge in [-0.3, -0.25) is 9.59 Å². The summed E-state index contributed by atoms with van der Waals surface area (Å²) >= 11 is 0. The summed E-state index contributed by atoms with van der Waals surface area (Å²) in [6, 6.07) is 9.75. The lowest BCUT2D eigenvalue weighted by Crippen LogP contribution is -2.29. The van der Waals surface area contributed by atoms with Crippen LogP contribution in [0.1, 0.15) is 59.1 Å². The fourth-order valence-corrected chi connectivity index (χ4v) is 3.14. The van der Waals surface area contributed by atoms with Gasteiger partial charge in [-0.15, -0.1) is 0 Å². The Morgan fingerprint density at radius 1 is 1.12 bits per heavy atom. The molecule has 1 aromatic heterocycles. The van der Waals surface area contributed by atoms with Crippen LogP contribution in [0.2, 0.25) is 0 Å². The zero-order valence-electron chi connectivity index (χ0n) is 15.4. The van der Waals surface area contributed by atoms with Crippen molar-refractivity contribution in [3.8, 4) is 0 Å². The van der Waals surface area contributed by atoms with Gasteiger partial charge in [-0.25, -0.2) is 4.98 Å². The van der Waals surface area contributed by atoms with E-state index in [1.807, 2.05) is 48.7 Å². The van der Waals surface area contributed by atoms with Crippen molar-refractivity contribution in [1.82, 2.24) is 20.2 Å². The number of imidazole rings is 1. The van der Waals surface area contributed by atoms with Crippen molar-refractivity contribution in [3.63, 3.8) is 0 Å². The van der Waals surface area contributed by atoms with Crippen molar-refractivity contribution in [3.05, 3.63) is 53.1 Å².